The van der Waals surface area contributed by atoms with Crippen LogP contribution in [0.2, 0.25) is 0 Å². The van der Waals surface area contributed by atoms with E-state index in [0.29, 0.717) is 16.6 Å². The van der Waals surface area contributed by atoms with Gasteiger partial charge in [0, 0.05) is 17.9 Å². The molecule has 4 rings (SSSR count). The third-order valence-corrected chi connectivity index (χ3v) is 4.57. The fourth-order valence-corrected chi connectivity index (χ4v) is 2.99. The second-order valence-electron chi connectivity index (χ2n) is 6.72. The SMILES string of the molecule is O=C(COc1c(F)c(F)c(F)c(F)c1F)Oc1ccc2c(Cc3ccccc3F)noc2c1. The van der Waals surface area contributed by atoms with Gasteiger partial charge in [-0.25, -0.2) is 22.4 Å². The molecule has 0 spiro atoms. The molecule has 1 aromatic heterocycles. The molecule has 11 heteroatoms. The van der Waals surface area contributed by atoms with Crippen LogP contribution in [-0.2, 0) is 11.2 Å². The Morgan fingerprint density at radius 1 is 0.879 bits per heavy atom. The van der Waals surface area contributed by atoms with E-state index < -0.39 is 53.2 Å². The van der Waals surface area contributed by atoms with E-state index in [9.17, 15) is 31.1 Å². The van der Waals surface area contributed by atoms with E-state index >= 15 is 0 Å². The summed E-state index contributed by atoms with van der Waals surface area (Å²) in [7, 11) is 0. The lowest BCUT2D eigenvalue weighted by atomic mass is 10.1. The molecule has 0 aliphatic heterocycles. The number of halogens is 6. The highest BCUT2D eigenvalue weighted by atomic mass is 19.2. The molecule has 1 heterocycles. The third-order valence-electron chi connectivity index (χ3n) is 4.57. The van der Waals surface area contributed by atoms with Crippen LogP contribution in [0, 0.1) is 34.9 Å². The summed E-state index contributed by atoms with van der Waals surface area (Å²) in [6, 6.07) is 10.3. The van der Waals surface area contributed by atoms with Crippen LogP contribution in [-0.4, -0.2) is 17.7 Å². The predicted molar refractivity (Wildman–Crippen MR) is 101 cm³/mol. The minimum absolute atomic E-state index is 0.0675. The highest BCUT2D eigenvalue weighted by Gasteiger charge is 2.27. The number of carbonyl (C=O) groups is 1. The normalized spacial score (nSPS) is 11.1. The summed E-state index contributed by atoms with van der Waals surface area (Å²) in [5.74, 6) is -14.5. The van der Waals surface area contributed by atoms with Gasteiger partial charge in [0.2, 0.25) is 29.1 Å². The van der Waals surface area contributed by atoms with Gasteiger partial charge in [-0.1, -0.05) is 23.4 Å². The molecule has 0 aliphatic rings. The number of esters is 1. The van der Waals surface area contributed by atoms with Crippen LogP contribution in [0.5, 0.6) is 11.5 Å². The predicted octanol–water partition coefficient (Wildman–Crippen LogP) is 5.24. The summed E-state index contributed by atoms with van der Waals surface area (Å²) in [6.07, 6.45) is 0.147. The van der Waals surface area contributed by atoms with Gasteiger partial charge in [-0.2, -0.15) is 8.78 Å². The van der Waals surface area contributed by atoms with Crippen molar-refractivity contribution in [3.05, 3.63) is 88.6 Å². The molecule has 170 valence electrons. The van der Waals surface area contributed by atoms with E-state index in [0.717, 1.165) is 0 Å². The Balaban J connectivity index is 1.46. The number of hydrogen-bond acceptors (Lipinski definition) is 5. The Morgan fingerprint density at radius 3 is 2.24 bits per heavy atom. The maximum Gasteiger partial charge on any atom is 0.349 e. The zero-order chi connectivity index (χ0) is 23.7. The standard InChI is InChI=1S/C22H11F6NO4/c23-13-4-2-1-3-10(13)7-14-12-6-5-11(8-15(12)33-29-14)32-16(30)9-31-22-20(27)18(25)17(24)19(26)21(22)28/h1-6,8H,7,9H2. The second-order valence-corrected chi connectivity index (χ2v) is 6.72. The van der Waals surface area contributed by atoms with Gasteiger partial charge in [-0.05, 0) is 23.8 Å². The molecule has 0 aliphatic carbocycles. The van der Waals surface area contributed by atoms with Gasteiger partial charge in [0.1, 0.15) is 11.6 Å². The molecule has 0 fully saturated rings. The molecule has 33 heavy (non-hydrogen) atoms. The Morgan fingerprint density at radius 2 is 1.55 bits per heavy atom. The molecule has 5 nitrogen and oxygen atoms in total. The number of fused-ring (bicyclic) bond motifs is 1. The molecule has 0 unspecified atom stereocenters. The minimum atomic E-state index is -2.35. The van der Waals surface area contributed by atoms with Gasteiger partial charge < -0.3 is 14.0 Å². The van der Waals surface area contributed by atoms with E-state index in [1.807, 2.05) is 0 Å². The fourth-order valence-electron chi connectivity index (χ4n) is 2.99. The monoisotopic (exact) mass is 467 g/mol. The van der Waals surface area contributed by atoms with Crippen molar-refractivity contribution in [2.75, 3.05) is 6.61 Å². The lowest BCUT2D eigenvalue weighted by Gasteiger charge is -2.10. The molecule has 0 saturated heterocycles. The summed E-state index contributed by atoms with van der Waals surface area (Å²) < 4.78 is 95.0. The number of benzene rings is 3. The van der Waals surface area contributed by atoms with E-state index in [1.165, 1.54) is 24.3 Å². The molecule has 0 radical (unpaired) electrons. The smallest absolute Gasteiger partial charge is 0.349 e. The van der Waals surface area contributed by atoms with Crippen LogP contribution in [0.15, 0.2) is 47.0 Å². The Labute approximate surface area is 181 Å². The zero-order valence-electron chi connectivity index (χ0n) is 16.3. The molecule has 0 saturated carbocycles. The minimum Gasteiger partial charge on any atom is -0.476 e. The van der Waals surface area contributed by atoms with Gasteiger partial charge in [-0.3, -0.25) is 0 Å². The first-order valence-electron chi connectivity index (χ1n) is 9.23. The van der Waals surface area contributed by atoms with Crippen molar-refractivity contribution >= 4 is 16.9 Å². The van der Waals surface area contributed by atoms with Gasteiger partial charge in [0.05, 0.1) is 5.69 Å². The molecule has 0 N–H and O–H groups in total. The van der Waals surface area contributed by atoms with E-state index in [4.69, 9.17) is 9.26 Å². The number of nitrogens with zero attached hydrogens (tertiary/aromatic N) is 1. The van der Waals surface area contributed by atoms with Crippen molar-refractivity contribution in [3.63, 3.8) is 0 Å². The highest BCUT2D eigenvalue weighted by molar-refractivity contribution is 5.82. The maximum absolute atomic E-state index is 13.9. The largest absolute Gasteiger partial charge is 0.476 e. The third kappa shape index (κ3) is 4.34. The summed E-state index contributed by atoms with van der Waals surface area (Å²) in [5.41, 5.74) is 1.03. The van der Waals surface area contributed by atoms with Crippen LogP contribution in [0.4, 0.5) is 26.3 Å². The Kier molecular flexibility index (Phi) is 5.95. The van der Waals surface area contributed by atoms with Crippen molar-refractivity contribution in [1.82, 2.24) is 5.16 Å². The van der Waals surface area contributed by atoms with Crippen molar-refractivity contribution in [3.8, 4) is 11.5 Å². The topological polar surface area (TPSA) is 61.6 Å². The average Bonchev–Trinajstić information content (AvgIpc) is 3.19. The van der Waals surface area contributed by atoms with Gasteiger partial charge in [0.25, 0.3) is 0 Å². The molecule has 4 aromatic rings. The van der Waals surface area contributed by atoms with Crippen molar-refractivity contribution < 1.29 is 45.1 Å². The van der Waals surface area contributed by atoms with E-state index in [2.05, 4.69) is 9.89 Å². The van der Waals surface area contributed by atoms with Gasteiger partial charge in [0.15, 0.2) is 17.9 Å². The molecule has 0 amide bonds. The summed E-state index contributed by atoms with van der Waals surface area (Å²) in [6.45, 7) is -1.15. The maximum atomic E-state index is 13.9. The van der Waals surface area contributed by atoms with Gasteiger partial charge in [-0.15, -0.1) is 0 Å². The summed E-state index contributed by atoms with van der Waals surface area (Å²) in [4.78, 5) is 11.9. The fraction of sp³-hybridized carbons (Fsp3) is 0.0909. The van der Waals surface area contributed by atoms with E-state index in [1.54, 1.807) is 18.2 Å². The molecule has 0 atom stereocenters. The van der Waals surface area contributed by atoms with Gasteiger partial charge >= 0.3 is 5.97 Å². The van der Waals surface area contributed by atoms with Crippen LogP contribution < -0.4 is 9.47 Å². The average molecular weight is 467 g/mol. The quantitative estimate of drug-likeness (QED) is 0.128. The Hall–Kier alpha value is -4.02. The lowest BCUT2D eigenvalue weighted by Crippen LogP contribution is -2.19. The highest BCUT2D eigenvalue weighted by Crippen LogP contribution is 2.29. The van der Waals surface area contributed by atoms with Crippen LogP contribution in [0.3, 0.4) is 0 Å². The van der Waals surface area contributed by atoms with Crippen LogP contribution in [0.25, 0.3) is 11.0 Å². The van der Waals surface area contributed by atoms with Crippen molar-refractivity contribution in [2.45, 2.75) is 6.42 Å². The molecule has 3 aromatic carbocycles. The second kappa shape index (κ2) is 8.85. The number of hydrogen-bond donors (Lipinski definition) is 0. The number of ether oxygens (including phenoxy) is 2. The summed E-state index contributed by atoms with van der Waals surface area (Å²) in [5, 5.41) is 4.40. The molecular weight excluding hydrogens is 456 g/mol. The van der Waals surface area contributed by atoms with E-state index in [-0.39, 0.29) is 17.8 Å². The van der Waals surface area contributed by atoms with Crippen molar-refractivity contribution in [2.24, 2.45) is 0 Å². The summed E-state index contributed by atoms with van der Waals surface area (Å²) >= 11 is 0. The first kappa shape index (κ1) is 22.2. The number of rotatable bonds is 6. The number of aromatic nitrogens is 1. The zero-order valence-corrected chi connectivity index (χ0v) is 16.3. The lowest BCUT2D eigenvalue weighted by molar-refractivity contribution is -0.136. The first-order valence-corrected chi connectivity index (χ1v) is 9.23. The Bertz CT molecular complexity index is 1340. The van der Waals surface area contributed by atoms with Crippen LogP contribution >= 0.6 is 0 Å². The molecule has 0 bridgehead atoms. The van der Waals surface area contributed by atoms with Crippen LogP contribution in [0.1, 0.15) is 11.3 Å². The molecular formula is C22H11F6NO4. The number of carbonyl (C=O) groups excluding carboxylic acids is 1. The van der Waals surface area contributed by atoms with Crippen molar-refractivity contribution in [1.29, 1.82) is 0 Å². The first-order chi connectivity index (χ1) is 15.8.